The van der Waals surface area contributed by atoms with Crippen LogP contribution in [0.4, 0.5) is 11.4 Å². The van der Waals surface area contributed by atoms with Gasteiger partial charge in [0.25, 0.3) is 5.91 Å². The predicted molar refractivity (Wildman–Crippen MR) is 100 cm³/mol. The quantitative estimate of drug-likeness (QED) is 0.667. The molecule has 0 radical (unpaired) electrons. The maximum absolute atomic E-state index is 12.4. The zero-order valence-electron chi connectivity index (χ0n) is 14.3. The summed E-state index contributed by atoms with van der Waals surface area (Å²) in [6.45, 7) is 2.08. The zero-order chi connectivity index (χ0) is 18.4. The van der Waals surface area contributed by atoms with Gasteiger partial charge in [0.1, 0.15) is 5.69 Å². The molecule has 0 bridgehead atoms. The van der Waals surface area contributed by atoms with E-state index >= 15 is 0 Å². The van der Waals surface area contributed by atoms with E-state index in [1.54, 1.807) is 55.0 Å². The summed E-state index contributed by atoms with van der Waals surface area (Å²) in [5, 5.41) is 6.00. The van der Waals surface area contributed by atoms with Crippen LogP contribution in [0.5, 0.6) is 0 Å². The summed E-state index contributed by atoms with van der Waals surface area (Å²) in [7, 11) is 0. The monoisotopic (exact) mass is 346 g/mol. The Labute approximate surface area is 151 Å². The van der Waals surface area contributed by atoms with Crippen molar-refractivity contribution in [2.24, 2.45) is 0 Å². The molecular weight excluding hydrogens is 328 g/mol. The molecule has 0 atom stereocenters. The van der Waals surface area contributed by atoms with E-state index in [2.05, 4.69) is 20.6 Å². The third-order valence-corrected chi connectivity index (χ3v) is 3.74. The van der Waals surface area contributed by atoms with Gasteiger partial charge in [-0.05, 0) is 42.8 Å². The van der Waals surface area contributed by atoms with E-state index in [1.165, 1.54) is 6.92 Å². The van der Waals surface area contributed by atoms with Crippen LogP contribution in [0.1, 0.15) is 33.3 Å². The van der Waals surface area contributed by atoms with Crippen LogP contribution >= 0.6 is 0 Å². The summed E-state index contributed by atoms with van der Waals surface area (Å²) in [6, 6.07) is 14.1. The van der Waals surface area contributed by atoms with E-state index in [0.29, 0.717) is 17.8 Å². The molecule has 0 saturated carbocycles. The van der Waals surface area contributed by atoms with Crippen molar-refractivity contribution >= 4 is 23.1 Å². The first-order valence-electron chi connectivity index (χ1n) is 8.13. The molecule has 3 rings (SSSR count). The number of pyridine rings is 2. The fourth-order valence-electron chi connectivity index (χ4n) is 2.38. The number of carbonyl (C=O) groups is 2. The number of nitrogens with one attached hydrogen (secondary N) is 2. The van der Waals surface area contributed by atoms with Crippen LogP contribution in [0.3, 0.4) is 0 Å². The Morgan fingerprint density at radius 2 is 1.88 bits per heavy atom. The highest BCUT2D eigenvalue weighted by atomic mass is 16.2. The van der Waals surface area contributed by atoms with Crippen LogP contribution in [0.2, 0.25) is 0 Å². The van der Waals surface area contributed by atoms with E-state index < -0.39 is 0 Å². The van der Waals surface area contributed by atoms with E-state index in [1.807, 2.05) is 12.1 Å². The van der Waals surface area contributed by atoms with E-state index in [-0.39, 0.29) is 17.4 Å². The van der Waals surface area contributed by atoms with E-state index in [4.69, 9.17) is 0 Å². The third-order valence-electron chi connectivity index (χ3n) is 3.74. The number of carbonyl (C=O) groups excluding carboxylic acids is 2. The second-order valence-corrected chi connectivity index (χ2v) is 5.74. The standard InChI is InChI=1S/C20H18N4O2/c1-14(25)16-5-2-6-18(10-16)24-20(26)19-11-17(7-9-22-19)23-13-15-4-3-8-21-12-15/h2-12H,13H2,1H3,(H,22,23)(H,24,26). The molecule has 0 saturated heterocycles. The summed E-state index contributed by atoms with van der Waals surface area (Å²) in [6.07, 6.45) is 5.08. The molecule has 2 N–H and O–H groups in total. The minimum Gasteiger partial charge on any atom is -0.381 e. The van der Waals surface area contributed by atoms with Gasteiger partial charge >= 0.3 is 0 Å². The van der Waals surface area contributed by atoms with Crippen LogP contribution in [-0.2, 0) is 6.54 Å². The normalized spacial score (nSPS) is 10.2. The first kappa shape index (κ1) is 17.3. The summed E-state index contributed by atoms with van der Waals surface area (Å²) >= 11 is 0. The first-order valence-corrected chi connectivity index (χ1v) is 8.13. The Kier molecular flexibility index (Phi) is 5.34. The van der Waals surface area contributed by atoms with Gasteiger partial charge in [0.2, 0.25) is 0 Å². The topological polar surface area (TPSA) is 84.0 Å². The molecule has 0 unspecified atom stereocenters. The average molecular weight is 346 g/mol. The molecule has 6 heteroatoms. The second kappa shape index (κ2) is 8.02. The van der Waals surface area contributed by atoms with Gasteiger partial charge in [-0.15, -0.1) is 0 Å². The van der Waals surface area contributed by atoms with Crippen molar-refractivity contribution in [1.29, 1.82) is 0 Å². The maximum Gasteiger partial charge on any atom is 0.274 e. The number of benzene rings is 1. The second-order valence-electron chi connectivity index (χ2n) is 5.74. The molecular formula is C20H18N4O2. The predicted octanol–water partition coefficient (Wildman–Crippen LogP) is 3.54. The molecule has 0 aliphatic heterocycles. The van der Waals surface area contributed by atoms with Gasteiger partial charge in [-0.3, -0.25) is 19.6 Å². The molecule has 1 aromatic carbocycles. The number of amides is 1. The molecule has 6 nitrogen and oxygen atoms in total. The van der Waals surface area contributed by atoms with E-state index in [0.717, 1.165) is 11.3 Å². The lowest BCUT2D eigenvalue weighted by molar-refractivity contribution is 0.100. The van der Waals surface area contributed by atoms with Gasteiger partial charge in [0.15, 0.2) is 5.78 Å². The molecule has 0 aliphatic carbocycles. The summed E-state index contributed by atoms with van der Waals surface area (Å²) in [4.78, 5) is 32.1. The number of hydrogen-bond donors (Lipinski definition) is 2. The molecule has 2 aromatic heterocycles. The average Bonchev–Trinajstić information content (AvgIpc) is 2.67. The van der Waals surface area contributed by atoms with Gasteiger partial charge < -0.3 is 10.6 Å². The van der Waals surface area contributed by atoms with Crippen molar-refractivity contribution in [2.45, 2.75) is 13.5 Å². The number of Topliss-reactive ketones (excluding diaryl/α,β-unsaturated/α-hetero) is 1. The first-order chi connectivity index (χ1) is 12.6. The van der Waals surface area contributed by atoms with Gasteiger partial charge in [-0.2, -0.15) is 0 Å². The van der Waals surface area contributed by atoms with Crippen LogP contribution in [-0.4, -0.2) is 21.7 Å². The lowest BCUT2D eigenvalue weighted by Gasteiger charge is -2.09. The highest BCUT2D eigenvalue weighted by Crippen LogP contribution is 2.14. The molecule has 2 heterocycles. The Morgan fingerprint density at radius 3 is 2.65 bits per heavy atom. The Morgan fingerprint density at radius 1 is 1.00 bits per heavy atom. The molecule has 130 valence electrons. The van der Waals surface area contributed by atoms with Crippen molar-refractivity contribution in [1.82, 2.24) is 9.97 Å². The van der Waals surface area contributed by atoms with Crippen molar-refractivity contribution in [3.8, 4) is 0 Å². The number of anilines is 2. The van der Waals surface area contributed by atoms with Crippen molar-refractivity contribution in [3.63, 3.8) is 0 Å². The summed E-state index contributed by atoms with van der Waals surface area (Å²) in [5.74, 6) is -0.392. The Balaban J connectivity index is 1.68. The van der Waals surface area contributed by atoms with Gasteiger partial charge in [-0.25, -0.2) is 0 Å². The minimum absolute atomic E-state index is 0.0548. The van der Waals surface area contributed by atoms with Gasteiger partial charge in [0, 0.05) is 42.1 Å². The van der Waals surface area contributed by atoms with Crippen LogP contribution in [0.15, 0.2) is 67.1 Å². The summed E-state index contributed by atoms with van der Waals surface area (Å²) in [5.41, 5.74) is 3.21. The van der Waals surface area contributed by atoms with Crippen molar-refractivity contribution in [2.75, 3.05) is 10.6 Å². The fraction of sp³-hybridized carbons (Fsp3) is 0.100. The van der Waals surface area contributed by atoms with Crippen LogP contribution in [0, 0.1) is 0 Å². The Bertz CT molecular complexity index is 926. The van der Waals surface area contributed by atoms with Crippen molar-refractivity contribution < 1.29 is 9.59 Å². The maximum atomic E-state index is 12.4. The number of aromatic nitrogens is 2. The largest absolute Gasteiger partial charge is 0.381 e. The van der Waals surface area contributed by atoms with Gasteiger partial charge in [0.05, 0.1) is 0 Å². The number of hydrogen-bond acceptors (Lipinski definition) is 5. The highest BCUT2D eigenvalue weighted by Gasteiger charge is 2.09. The lowest BCUT2D eigenvalue weighted by atomic mass is 10.1. The van der Waals surface area contributed by atoms with Crippen LogP contribution < -0.4 is 10.6 Å². The zero-order valence-corrected chi connectivity index (χ0v) is 14.3. The molecule has 1 amide bonds. The van der Waals surface area contributed by atoms with Crippen LogP contribution in [0.25, 0.3) is 0 Å². The number of ketones is 1. The fourth-order valence-corrected chi connectivity index (χ4v) is 2.38. The smallest absolute Gasteiger partial charge is 0.274 e. The Hall–Kier alpha value is -3.54. The molecule has 3 aromatic rings. The molecule has 0 fully saturated rings. The molecule has 0 aliphatic rings. The minimum atomic E-state index is -0.337. The SMILES string of the molecule is CC(=O)c1cccc(NC(=O)c2cc(NCc3cccnc3)ccn2)c1. The van der Waals surface area contributed by atoms with E-state index in [9.17, 15) is 9.59 Å². The molecule has 26 heavy (non-hydrogen) atoms. The lowest BCUT2D eigenvalue weighted by Crippen LogP contribution is -2.14. The summed E-state index contributed by atoms with van der Waals surface area (Å²) < 4.78 is 0. The van der Waals surface area contributed by atoms with Gasteiger partial charge in [-0.1, -0.05) is 18.2 Å². The number of rotatable bonds is 6. The number of nitrogens with zero attached hydrogens (tertiary/aromatic N) is 2. The highest BCUT2D eigenvalue weighted by molar-refractivity contribution is 6.04. The third kappa shape index (κ3) is 4.51. The van der Waals surface area contributed by atoms with Crippen molar-refractivity contribution in [3.05, 3.63) is 83.9 Å². The molecule has 0 spiro atoms.